The van der Waals surface area contributed by atoms with Gasteiger partial charge in [0.15, 0.2) is 0 Å². The van der Waals surface area contributed by atoms with Crippen LogP contribution in [0.15, 0.2) is 36.5 Å². The van der Waals surface area contributed by atoms with E-state index < -0.39 is 12.1 Å². The standard InChI is InChI=1S/C77H147NO5/c1-3-5-7-9-11-13-15-17-19-20-21-33-36-39-42-45-49-53-57-61-65-69-75(80)74(73-79)78-76(81)70-66-62-58-54-50-46-43-40-37-34-31-29-27-25-23-22-24-26-28-30-32-35-38-41-44-48-52-56-60-64-68-72-83-77(82)71-67-63-59-55-51-47-18-16-14-12-10-8-6-4-2/h10,12,16,18,24,26,74-75,79-80H,3-9,11,13-15,17,19-23,25,27-73H2,1-2H3,(H,78,81)/b12-10-,18-16-,26-24-. The van der Waals surface area contributed by atoms with Crippen LogP contribution >= 0.6 is 0 Å². The molecular weight excluding hydrogens is 1020 g/mol. The molecule has 0 aromatic heterocycles. The highest BCUT2D eigenvalue weighted by Gasteiger charge is 2.20. The van der Waals surface area contributed by atoms with Crippen LogP contribution in [-0.2, 0) is 14.3 Å². The van der Waals surface area contributed by atoms with Crippen molar-refractivity contribution in [2.45, 2.75) is 431 Å². The average Bonchev–Trinajstić information content (AvgIpc) is 3.49. The SMILES string of the molecule is CCCC/C=C\C/C=C\CCCCCCCC(=O)OCCCCCCCCCCCCCC/C=C\CCCCCCCCCCCCCCCCCC(=O)NC(CO)C(O)CCCCCCCCCCCCCCCCCCCCCCC. The third-order valence-corrected chi connectivity index (χ3v) is 17.7. The van der Waals surface area contributed by atoms with Crippen molar-refractivity contribution in [3.8, 4) is 0 Å². The lowest BCUT2D eigenvalue weighted by Crippen LogP contribution is -2.45. The molecule has 6 nitrogen and oxygen atoms in total. The van der Waals surface area contributed by atoms with Crippen LogP contribution < -0.4 is 5.32 Å². The third kappa shape index (κ3) is 69.1. The summed E-state index contributed by atoms with van der Waals surface area (Å²) in [6.07, 6.45) is 93.6. The maximum Gasteiger partial charge on any atom is 0.305 e. The number of ether oxygens (including phenoxy) is 1. The van der Waals surface area contributed by atoms with E-state index in [1.807, 2.05) is 0 Å². The number of carbonyl (C=O) groups is 2. The minimum atomic E-state index is -0.664. The lowest BCUT2D eigenvalue weighted by atomic mass is 10.0. The maximum atomic E-state index is 12.6. The maximum absolute atomic E-state index is 12.6. The van der Waals surface area contributed by atoms with Gasteiger partial charge in [-0.2, -0.15) is 0 Å². The molecule has 0 spiro atoms. The predicted octanol–water partition coefficient (Wildman–Crippen LogP) is 24.7. The summed E-state index contributed by atoms with van der Waals surface area (Å²) in [5, 5.41) is 23.4. The molecule has 0 bridgehead atoms. The van der Waals surface area contributed by atoms with Gasteiger partial charge in [-0.1, -0.05) is 365 Å². The molecule has 0 rings (SSSR count). The molecule has 0 aliphatic heterocycles. The molecule has 0 fully saturated rings. The molecule has 0 aromatic carbocycles. The van der Waals surface area contributed by atoms with Crippen LogP contribution in [0.2, 0.25) is 0 Å². The zero-order chi connectivity index (χ0) is 59.9. The minimum absolute atomic E-state index is 0.00355. The second-order valence-electron chi connectivity index (χ2n) is 26.0. The van der Waals surface area contributed by atoms with Gasteiger partial charge in [-0.15, -0.1) is 0 Å². The Kier molecular flexibility index (Phi) is 70.9. The van der Waals surface area contributed by atoms with E-state index in [0.717, 1.165) is 51.4 Å². The van der Waals surface area contributed by atoms with E-state index in [4.69, 9.17) is 4.74 Å². The van der Waals surface area contributed by atoms with Gasteiger partial charge in [0.05, 0.1) is 25.4 Å². The smallest absolute Gasteiger partial charge is 0.305 e. The van der Waals surface area contributed by atoms with E-state index in [2.05, 4.69) is 55.6 Å². The number of hydrogen-bond donors (Lipinski definition) is 3. The number of amides is 1. The number of rotatable bonds is 71. The van der Waals surface area contributed by atoms with Crippen LogP contribution in [0.5, 0.6) is 0 Å². The number of carbonyl (C=O) groups excluding carboxylic acids is 2. The Labute approximate surface area is 519 Å². The first-order chi connectivity index (χ1) is 41.0. The van der Waals surface area contributed by atoms with Crippen LogP contribution in [0.1, 0.15) is 418 Å². The molecule has 1 amide bonds. The van der Waals surface area contributed by atoms with Gasteiger partial charge in [-0.05, 0) is 77.0 Å². The number of aliphatic hydroxyl groups is 2. The molecule has 0 heterocycles. The van der Waals surface area contributed by atoms with Gasteiger partial charge in [0.2, 0.25) is 5.91 Å². The zero-order valence-electron chi connectivity index (χ0n) is 56.2. The van der Waals surface area contributed by atoms with Crippen LogP contribution in [0.4, 0.5) is 0 Å². The number of esters is 1. The average molecular weight is 1170 g/mol. The Morgan fingerprint density at radius 3 is 0.964 bits per heavy atom. The molecule has 0 aliphatic rings. The second-order valence-corrected chi connectivity index (χ2v) is 26.0. The fourth-order valence-corrected chi connectivity index (χ4v) is 11.9. The summed E-state index contributed by atoms with van der Waals surface area (Å²) in [6.45, 7) is 4.95. The van der Waals surface area contributed by atoms with E-state index in [1.54, 1.807) is 0 Å². The predicted molar refractivity (Wildman–Crippen MR) is 366 cm³/mol. The van der Waals surface area contributed by atoms with E-state index >= 15 is 0 Å². The summed E-state index contributed by atoms with van der Waals surface area (Å²) >= 11 is 0. The minimum Gasteiger partial charge on any atom is -0.466 e. The Balaban J connectivity index is 3.37. The number of hydrogen-bond acceptors (Lipinski definition) is 5. The molecule has 0 aromatic rings. The normalized spacial score (nSPS) is 12.7. The van der Waals surface area contributed by atoms with E-state index in [1.165, 1.54) is 334 Å². The molecule has 3 N–H and O–H groups in total. The Morgan fingerprint density at radius 1 is 0.337 bits per heavy atom. The van der Waals surface area contributed by atoms with Gasteiger partial charge in [0.1, 0.15) is 0 Å². The van der Waals surface area contributed by atoms with Crippen LogP contribution in [0.3, 0.4) is 0 Å². The van der Waals surface area contributed by atoms with Crippen molar-refractivity contribution >= 4 is 11.9 Å². The topological polar surface area (TPSA) is 95.9 Å². The molecule has 0 aliphatic carbocycles. The summed E-state index contributed by atoms with van der Waals surface area (Å²) in [6, 6.07) is -0.541. The lowest BCUT2D eigenvalue weighted by molar-refractivity contribution is -0.143. The van der Waals surface area contributed by atoms with Crippen LogP contribution in [-0.4, -0.2) is 47.4 Å². The first-order valence-corrected chi connectivity index (χ1v) is 37.7. The first kappa shape index (κ1) is 81.1. The van der Waals surface area contributed by atoms with Gasteiger partial charge >= 0.3 is 5.97 Å². The molecule has 6 heteroatoms. The molecule has 0 radical (unpaired) electrons. The highest BCUT2D eigenvalue weighted by molar-refractivity contribution is 5.76. The quantitative estimate of drug-likeness (QED) is 0.0320. The second kappa shape index (κ2) is 72.6. The summed E-state index contributed by atoms with van der Waals surface area (Å²) < 4.78 is 5.48. The van der Waals surface area contributed by atoms with Crippen molar-refractivity contribution in [1.29, 1.82) is 0 Å². The third-order valence-electron chi connectivity index (χ3n) is 17.7. The number of unbranched alkanes of at least 4 members (excludes halogenated alkanes) is 54. The van der Waals surface area contributed by atoms with Crippen molar-refractivity contribution in [1.82, 2.24) is 5.32 Å². The van der Waals surface area contributed by atoms with Crippen molar-refractivity contribution in [3.05, 3.63) is 36.5 Å². The highest BCUT2D eigenvalue weighted by atomic mass is 16.5. The van der Waals surface area contributed by atoms with Crippen molar-refractivity contribution in [2.24, 2.45) is 0 Å². The zero-order valence-corrected chi connectivity index (χ0v) is 56.2. The molecule has 490 valence electrons. The molecule has 2 unspecified atom stereocenters. The molecule has 83 heavy (non-hydrogen) atoms. The molecular formula is C77H147NO5. The first-order valence-electron chi connectivity index (χ1n) is 37.7. The Bertz CT molecular complexity index is 1340. The summed E-state index contributed by atoms with van der Waals surface area (Å²) in [4.78, 5) is 24.6. The van der Waals surface area contributed by atoms with Crippen LogP contribution in [0.25, 0.3) is 0 Å². The summed E-state index contributed by atoms with van der Waals surface area (Å²) in [5.41, 5.74) is 0. The number of allylic oxidation sites excluding steroid dienone is 6. The number of nitrogens with one attached hydrogen (secondary N) is 1. The van der Waals surface area contributed by atoms with Gasteiger partial charge in [-0.25, -0.2) is 0 Å². The molecule has 0 saturated carbocycles. The van der Waals surface area contributed by atoms with Crippen molar-refractivity contribution in [3.63, 3.8) is 0 Å². The highest BCUT2D eigenvalue weighted by Crippen LogP contribution is 2.19. The van der Waals surface area contributed by atoms with Gasteiger partial charge in [0.25, 0.3) is 0 Å². The number of aliphatic hydroxyl groups excluding tert-OH is 2. The lowest BCUT2D eigenvalue weighted by Gasteiger charge is -2.22. The van der Waals surface area contributed by atoms with Crippen molar-refractivity contribution < 1.29 is 24.5 Å². The van der Waals surface area contributed by atoms with Gasteiger partial charge in [-0.3, -0.25) is 9.59 Å². The van der Waals surface area contributed by atoms with E-state index in [-0.39, 0.29) is 18.5 Å². The molecule has 2 atom stereocenters. The Hall–Kier alpha value is -1.92. The summed E-state index contributed by atoms with van der Waals surface area (Å²) in [7, 11) is 0. The van der Waals surface area contributed by atoms with Crippen molar-refractivity contribution in [2.75, 3.05) is 13.2 Å². The summed E-state index contributed by atoms with van der Waals surface area (Å²) in [5.74, 6) is -0.0248. The Morgan fingerprint density at radius 2 is 0.614 bits per heavy atom. The van der Waals surface area contributed by atoms with Gasteiger partial charge < -0.3 is 20.3 Å². The monoisotopic (exact) mass is 1170 g/mol. The van der Waals surface area contributed by atoms with Crippen LogP contribution in [0, 0.1) is 0 Å². The molecule has 0 saturated heterocycles. The van der Waals surface area contributed by atoms with E-state index in [0.29, 0.717) is 25.9 Å². The fraction of sp³-hybridized carbons (Fsp3) is 0.896. The van der Waals surface area contributed by atoms with E-state index in [9.17, 15) is 19.8 Å². The van der Waals surface area contributed by atoms with Gasteiger partial charge in [0, 0.05) is 12.8 Å². The fourth-order valence-electron chi connectivity index (χ4n) is 11.9. The largest absolute Gasteiger partial charge is 0.466 e.